The summed E-state index contributed by atoms with van der Waals surface area (Å²) in [5.41, 5.74) is 9.03. The Kier molecular flexibility index (Phi) is 4.35. The van der Waals surface area contributed by atoms with Crippen molar-refractivity contribution in [2.45, 2.75) is 19.4 Å². The van der Waals surface area contributed by atoms with E-state index in [0.717, 1.165) is 27.0 Å². The first-order valence-corrected chi connectivity index (χ1v) is 7.26. The molecule has 0 aliphatic heterocycles. The Bertz CT molecular complexity index is 601. The van der Waals surface area contributed by atoms with Crippen molar-refractivity contribution < 1.29 is 5.11 Å². The summed E-state index contributed by atoms with van der Waals surface area (Å²) in [6, 6.07) is 13.8. The molecule has 4 heteroatoms. The van der Waals surface area contributed by atoms with Gasteiger partial charge >= 0.3 is 0 Å². The Balaban J connectivity index is 2.38. The molecule has 0 aliphatic carbocycles. The number of anilines is 2. The molecule has 3 nitrogen and oxygen atoms in total. The minimum atomic E-state index is -0.549. The Labute approximate surface area is 127 Å². The van der Waals surface area contributed by atoms with Crippen molar-refractivity contribution in [2.24, 2.45) is 0 Å². The van der Waals surface area contributed by atoms with Gasteiger partial charge in [-0.1, -0.05) is 30.3 Å². The van der Waals surface area contributed by atoms with Gasteiger partial charge in [0.15, 0.2) is 0 Å². The predicted molar refractivity (Wildman–Crippen MR) is 87.8 cm³/mol. The second kappa shape index (κ2) is 5.85. The van der Waals surface area contributed by atoms with E-state index in [0.29, 0.717) is 0 Å². The molecular formula is C16H19BrN2O. The zero-order chi connectivity index (χ0) is 14.8. The first-order chi connectivity index (χ1) is 9.46. The number of rotatable bonds is 4. The van der Waals surface area contributed by atoms with Crippen LogP contribution in [0.25, 0.3) is 0 Å². The van der Waals surface area contributed by atoms with Crippen molar-refractivity contribution in [3.63, 3.8) is 0 Å². The molecule has 0 aliphatic rings. The van der Waals surface area contributed by atoms with Crippen LogP contribution in [0.15, 0.2) is 46.9 Å². The average Bonchev–Trinajstić information content (AvgIpc) is 2.45. The van der Waals surface area contributed by atoms with Crippen LogP contribution in [0.4, 0.5) is 11.4 Å². The Hall–Kier alpha value is -1.52. The van der Waals surface area contributed by atoms with Crippen LogP contribution in [0.3, 0.4) is 0 Å². The number of hydrogen-bond acceptors (Lipinski definition) is 3. The maximum absolute atomic E-state index is 9.81. The lowest BCUT2D eigenvalue weighted by Gasteiger charge is -2.31. The monoisotopic (exact) mass is 334 g/mol. The van der Waals surface area contributed by atoms with Crippen LogP contribution in [0, 0.1) is 6.92 Å². The third-order valence-electron chi connectivity index (χ3n) is 3.49. The van der Waals surface area contributed by atoms with Gasteiger partial charge in [0, 0.05) is 15.8 Å². The fraction of sp³-hybridized carbons (Fsp3) is 0.250. The number of nitrogens with one attached hydrogen (secondary N) is 1. The van der Waals surface area contributed by atoms with Crippen molar-refractivity contribution in [1.29, 1.82) is 0 Å². The predicted octanol–water partition coefficient (Wildman–Crippen LogP) is 3.66. The summed E-state index contributed by atoms with van der Waals surface area (Å²) in [5.74, 6) is 0. The molecule has 4 N–H and O–H groups in total. The van der Waals surface area contributed by atoms with E-state index in [-0.39, 0.29) is 6.61 Å². The Morgan fingerprint density at radius 3 is 2.50 bits per heavy atom. The van der Waals surface area contributed by atoms with Crippen molar-refractivity contribution >= 4 is 27.3 Å². The lowest BCUT2D eigenvalue weighted by atomic mass is 9.92. The van der Waals surface area contributed by atoms with Gasteiger partial charge in [0.25, 0.3) is 0 Å². The lowest BCUT2D eigenvalue weighted by Crippen LogP contribution is -2.36. The molecule has 2 aromatic rings. The fourth-order valence-corrected chi connectivity index (χ4v) is 2.56. The zero-order valence-electron chi connectivity index (χ0n) is 11.7. The first-order valence-electron chi connectivity index (χ1n) is 6.46. The summed E-state index contributed by atoms with van der Waals surface area (Å²) < 4.78 is 0.885. The van der Waals surface area contributed by atoms with Crippen LogP contribution in [-0.2, 0) is 5.54 Å². The van der Waals surface area contributed by atoms with E-state index in [1.807, 2.05) is 56.3 Å². The minimum absolute atomic E-state index is 0.00707. The quantitative estimate of drug-likeness (QED) is 0.748. The lowest BCUT2D eigenvalue weighted by molar-refractivity contribution is 0.224. The van der Waals surface area contributed by atoms with Gasteiger partial charge in [0.2, 0.25) is 0 Å². The number of aliphatic hydroxyl groups is 1. The van der Waals surface area contributed by atoms with E-state index in [4.69, 9.17) is 5.73 Å². The SMILES string of the molecule is Cc1cc(NC(C)(CO)c2ccccc2)c(Br)cc1N. The summed E-state index contributed by atoms with van der Waals surface area (Å²) in [6.07, 6.45) is 0. The highest BCUT2D eigenvalue weighted by atomic mass is 79.9. The van der Waals surface area contributed by atoms with Crippen LogP contribution in [0.2, 0.25) is 0 Å². The molecule has 2 aromatic carbocycles. The van der Waals surface area contributed by atoms with Crippen molar-refractivity contribution in [3.8, 4) is 0 Å². The zero-order valence-corrected chi connectivity index (χ0v) is 13.2. The van der Waals surface area contributed by atoms with E-state index in [1.165, 1.54) is 0 Å². The van der Waals surface area contributed by atoms with Gasteiger partial charge in [-0.05, 0) is 53.0 Å². The highest BCUT2D eigenvalue weighted by Crippen LogP contribution is 2.33. The van der Waals surface area contributed by atoms with Crippen molar-refractivity contribution in [1.82, 2.24) is 0 Å². The second-order valence-corrected chi connectivity index (χ2v) is 6.02. The number of aliphatic hydroxyl groups excluding tert-OH is 1. The summed E-state index contributed by atoms with van der Waals surface area (Å²) in [6.45, 7) is 3.93. The molecule has 0 fully saturated rings. The van der Waals surface area contributed by atoms with Gasteiger partial charge in [-0.2, -0.15) is 0 Å². The van der Waals surface area contributed by atoms with Crippen LogP contribution in [-0.4, -0.2) is 11.7 Å². The van der Waals surface area contributed by atoms with Gasteiger partial charge in [-0.15, -0.1) is 0 Å². The molecule has 0 amide bonds. The van der Waals surface area contributed by atoms with E-state index < -0.39 is 5.54 Å². The van der Waals surface area contributed by atoms with Crippen LogP contribution >= 0.6 is 15.9 Å². The number of aryl methyl sites for hydroxylation is 1. The van der Waals surface area contributed by atoms with Gasteiger partial charge in [-0.3, -0.25) is 0 Å². The molecular weight excluding hydrogens is 316 g/mol. The molecule has 0 heterocycles. The number of hydrogen-bond donors (Lipinski definition) is 3. The maximum atomic E-state index is 9.81. The normalized spacial score (nSPS) is 13.8. The molecule has 0 bridgehead atoms. The van der Waals surface area contributed by atoms with E-state index >= 15 is 0 Å². The minimum Gasteiger partial charge on any atom is -0.398 e. The third-order valence-corrected chi connectivity index (χ3v) is 4.15. The molecule has 20 heavy (non-hydrogen) atoms. The van der Waals surface area contributed by atoms with E-state index in [9.17, 15) is 5.11 Å². The molecule has 1 unspecified atom stereocenters. The Morgan fingerprint density at radius 2 is 1.90 bits per heavy atom. The highest BCUT2D eigenvalue weighted by molar-refractivity contribution is 9.10. The van der Waals surface area contributed by atoms with Crippen molar-refractivity contribution in [2.75, 3.05) is 17.7 Å². The van der Waals surface area contributed by atoms with Gasteiger partial charge in [0.05, 0.1) is 12.1 Å². The summed E-state index contributed by atoms with van der Waals surface area (Å²) in [7, 11) is 0. The molecule has 1 atom stereocenters. The topological polar surface area (TPSA) is 58.3 Å². The molecule has 2 rings (SSSR count). The number of nitrogen functional groups attached to an aromatic ring is 1. The number of nitrogens with two attached hydrogens (primary N) is 1. The standard InChI is InChI=1S/C16H19BrN2O/c1-11-8-15(13(17)9-14(11)18)19-16(2,10-20)12-6-4-3-5-7-12/h3-9,19-20H,10,18H2,1-2H3. The Morgan fingerprint density at radius 1 is 1.25 bits per heavy atom. The number of halogens is 1. The summed E-state index contributed by atoms with van der Waals surface area (Å²) in [5, 5.41) is 13.2. The highest BCUT2D eigenvalue weighted by Gasteiger charge is 2.26. The smallest absolute Gasteiger partial charge is 0.0828 e. The summed E-state index contributed by atoms with van der Waals surface area (Å²) >= 11 is 3.51. The van der Waals surface area contributed by atoms with Crippen LogP contribution in [0.1, 0.15) is 18.1 Å². The molecule has 0 spiro atoms. The molecule has 0 saturated heterocycles. The van der Waals surface area contributed by atoms with E-state index in [2.05, 4.69) is 21.2 Å². The summed E-state index contributed by atoms with van der Waals surface area (Å²) in [4.78, 5) is 0. The molecule has 0 saturated carbocycles. The van der Waals surface area contributed by atoms with E-state index in [1.54, 1.807) is 0 Å². The van der Waals surface area contributed by atoms with Crippen LogP contribution < -0.4 is 11.1 Å². The van der Waals surface area contributed by atoms with Crippen LogP contribution in [0.5, 0.6) is 0 Å². The third kappa shape index (κ3) is 2.97. The second-order valence-electron chi connectivity index (χ2n) is 5.17. The molecule has 0 radical (unpaired) electrons. The van der Waals surface area contributed by atoms with Gasteiger partial charge < -0.3 is 16.2 Å². The fourth-order valence-electron chi connectivity index (χ4n) is 2.10. The van der Waals surface area contributed by atoms with Gasteiger partial charge in [0.1, 0.15) is 0 Å². The van der Waals surface area contributed by atoms with Crippen molar-refractivity contribution in [3.05, 3.63) is 58.1 Å². The van der Waals surface area contributed by atoms with Gasteiger partial charge in [-0.25, -0.2) is 0 Å². The average molecular weight is 335 g/mol. The molecule has 106 valence electrons. The first kappa shape index (κ1) is 14.9. The number of benzene rings is 2. The largest absolute Gasteiger partial charge is 0.398 e. The maximum Gasteiger partial charge on any atom is 0.0828 e. The molecule has 0 aromatic heterocycles.